The Morgan fingerprint density at radius 2 is 2.09 bits per heavy atom. The van der Waals surface area contributed by atoms with Gasteiger partial charge in [0.2, 0.25) is 11.8 Å². The van der Waals surface area contributed by atoms with Crippen LogP contribution in [0.3, 0.4) is 0 Å². The van der Waals surface area contributed by atoms with E-state index in [1.807, 2.05) is 20.2 Å². The lowest BCUT2D eigenvalue weighted by molar-refractivity contribution is 0.402. The minimum Gasteiger partial charge on any atom is -0.493 e. The Balaban J connectivity index is 1.51. The van der Waals surface area contributed by atoms with Crippen LogP contribution in [-0.4, -0.2) is 59.7 Å². The number of benzene rings is 1. The van der Waals surface area contributed by atoms with Gasteiger partial charge in [0.1, 0.15) is 5.69 Å². The van der Waals surface area contributed by atoms with E-state index in [1.54, 1.807) is 16.8 Å². The Morgan fingerprint density at radius 1 is 1.27 bits per heavy atom. The summed E-state index contributed by atoms with van der Waals surface area (Å²) in [6, 6.07) is 8.61. The van der Waals surface area contributed by atoms with Crippen molar-refractivity contribution in [3.63, 3.8) is 0 Å². The van der Waals surface area contributed by atoms with E-state index >= 15 is 0 Å². The number of hydrogen-bond acceptors (Lipinski definition) is 8. The zero-order valence-corrected chi connectivity index (χ0v) is 18.4. The average Bonchev–Trinajstić information content (AvgIpc) is 3.40. The molecule has 1 fully saturated rings. The molecule has 1 aliphatic rings. The van der Waals surface area contributed by atoms with Crippen molar-refractivity contribution in [2.75, 3.05) is 19.4 Å². The van der Waals surface area contributed by atoms with Crippen LogP contribution in [0.1, 0.15) is 29.7 Å². The molecule has 5 rings (SSSR count). The van der Waals surface area contributed by atoms with Gasteiger partial charge in [0, 0.05) is 18.3 Å². The summed E-state index contributed by atoms with van der Waals surface area (Å²) in [5.41, 5.74) is 3.10. The smallest absolute Gasteiger partial charge is 0.326 e. The number of nitrogens with one attached hydrogen (secondary N) is 3. The maximum atomic E-state index is 11.5. The van der Waals surface area contributed by atoms with Gasteiger partial charge in [-0.2, -0.15) is 19.6 Å². The molecule has 0 spiro atoms. The Hall–Kier alpha value is -3.99. The van der Waals surface area contributed by atoms with E-state index in [0.29, 0.717) is 29.0 Å². The van der Waals surface area contributed by atoms with Crippen LogP contribution in [0.4, 0.5) is 5.95 Å². The lowest BCUT2D eigenvalue weighted by Crippen LogP contribution is -2.24. The van der Waals surface area contributed by atoms with Gasteiger partial charge >= 0.3 is 5.69 Å². The standard InChI is InChI=1S/C22H25N9O2/c1-30(2)12-14-5-3-4-13(8-14)10-23-20-27-18-15(9-17-19(32)28-22(33)26-17)11-24-31(18)21(29-20)25-16-6-7-16/h3-5,8-9,11,16,32H,6-7,10,12H2,1-2H3,(H,23,25,29)(H2,26,28,33). The molecule has 0 bridgehead atoms. The number of aromatic amines is 2. The van der Waals surface area contributed by atoms with E-state index in [1.165, 1.54) is 5.56 Å². The van der Waals surface area contributed by atoms with Gasteiger partial charge in [0.15, 0.2) is 5.65 Å². The second-order valence-electron chi connectivity index (χ2n) is 8.44. The molecular formula is C22H25N9O2. The first-order valence-electron chi connectivity index (χ1n) is 10.7. The highest BCUT2D eigenvalue weighted by atomic mass is 16.3. The summed E-state index contributed by atoms with van der Waals surface area (Å²) in [6.45, 7) is 1.42. The van der Waals surface area contributed by atoms with Crippen LogP contribution < -0.4 is 21.8 Å². The van der Waals surface area contributed by atoms with Gasteiger partial charge in [-0.3, -0.25) is 4.98 Å². The SMILES string of the molecule is CN(C)Cc1cccc(CNc2nc(=NC3CC3)n3ncc(=Cc4[nH]c(=O)[nH]c4O)c3n2)c1. The topological polar surface area (TPSA) is 140 Å². The molecule has 0 unspecified atom stereocenters. The largest absolute Gasteiger partial charge is 0.493 e. The van der Waals surface area contributed by atoms with Crippen molar-refractivity contribution in [3.8, 4) is 5.88 Å². The number of aromatic nitrogens is 6. The number of anilines is 1. The molecule has 1 aromatic carbocycles. The second-order valence-corrected chi connectivity index (χ2v) is 8.44. The number of fused-ring (bicyclic) bond motifs is 1. The molecule has 3 aromatic heterocycles. The number of rotatable bonds is 7. The number of aromatic hydroxyl groups is 1. The van der Waals surface area contributed by atoms with E-state index in [4.69, 9.17) is 0 Å². The van der Waals surface area contributed by atoms with Gasteiger partial charge in [-0.25, -0.2) is 9.79 Å². The molecule has 0 aliphatic heterocycles. The van der Waals surface area contributed by atoms with E-state index in [0.717, 1.165) is 24.9 Å². The molecular weight excluding hydrogens is 422 g/mol. The zero-order chi connectivity index (χ0) is 22.9. The fourth-order valence-electron chi connectivity index (χ4n) is 3.54. The fourth-order valence-corrected chi connectivity index (χ4v) is 3.54. The van der Waals surface area contributed by atoms with Crippen molar-refractivity contribution >= 4 is 17.7 Å². The molecule has 0 amide bonds. The van der Waals surface area contributed by atoms with Crippen molar-refractivity contribution in [1.82, 2.24) is 34.4 Å². The third-order valence-corrected chi connectivity index (χ3v) is 5.20. The first-order valence-corrected chi connectivity index (χ1v) is 10.7. The monoisotopic (exact) mass is 447 g/mol. The molecule has 4 N–H and O–H groups in total. The average molecular weight is 448 g/mol. The third-order valence-electron chi connectivity index (χ3n) is 5.20. The van der Waals surface area contributed by atoms with Crippen LogP contribution in [0, 0.1) is 0 Å². The molecule has 0 radical (unpaired) electrons. The number of imidazole rings is 1. The minimum absolute atomic E-state index is 0.243. The minimum atomic E-state index is -0.492. The predicted octanol–water partition coefficient (Wildman–Crippen LogP) is 0.131. The lowest BCUT2D eigenvalue weighted by atomic mass is 10.1. The molecule has 170 valence electrons. The van der Waals surface area contributed by atoms with Gasteiger partial charge in [-0.15, -0.1) is 0 Å². The van der Waals surface area contributed by atoms with Gasteiger partial charge in [-0.05, 0) is 44.1 Å². The molecule has 33 heavy (non-hydrogen) atoms. The van der Waals surface area contributed by atoms with Gasteiger partial charge in [0.25, 0.3) is 5.62 Å². The van der Waals surface area contributed by atoms with Crippen molar-refractivity contribution < 1.29 is 5.11 Å². The van der Waals surface area contributed by atoms with Crippen LogP contribution in [0.25, 0.3) is 11.7 Å². The van der Waals surface area contributed by atoms with Crippen LogP contribution in [-0.2, 0) is 13.1 Å². The molecule has 0 atom stereocenters. The van der Waals surface area contributed by atoms with Gasteiger partial charge in [-0.1, -0.05) is 24.3 Å². The molecule has 4 aromatic rings. The number of hydrogen-bond donors (Lipinski definition) is 4. The summed E-state index contributed by atoms with van der Waals surface area (Å²) in [5.74, 6) is 0.189. The molecule has 1 saturated carbocycles. The normalized spacial score (nSPS) is 15.1. The Labute approximate surface area is 188 Å². The summed E-state index contributed by atoms with van der Waals surface area (Å²) < 4.78 is 1.58. The van der Waals surface area contributed by atoms with E-state index in [-0.39, 0.29) is 17.6 Å². The number of H-pyrrole nitrogens is 2. The third kappa shape index (κ3) is 4.77. The summed E-state index contributed by atoms with van der Waals surface area (Å²) in [7, 11) is 4.09. The first kappa shape index (κ1) is 20.9. The molecule has 11 nitrogen and oxygen atoms in total. The van der Waals surface area contributed by atoms with Crippen LogP contribution in [0.5, 0.6) is 5.88 Å². The number of nitrogens with zero attached hydrogens (tertiary/aromatic N) is 6. The highest BCUT2D eigenvalue weighted by Gasteiger charge is 2.21. The van der Waals surface area contributed by atoms with Crippen molar-refractivity contribution in [3.05, 3.63) is 68.6 Å². The summed E-state index contributed by atoms with van der Waals surface area (Å²) in [6.07, 6.45) is 5.28. The van der Waals surface area contributed by atoms with Crippen molar-refractivity contribution in [2.24, 2.45) is 4.99 Å². The summed E-state index contributed by atoms with van der Waals surface area (Å²) in [4.78, 5) is 32.4. The Morgan fingerprint density at radius 3 is 2.82 bits per heavy atom. The predicted molar refractivity (Wildman–Crippen MR) is 122 cm³/mol. The van der Waals surface area contributed by atoms with Crippen LogP contribution in [0.15, 0.2) is 40.2 Å². The summed E-state index contributed by atoms with van der Waals surface area (Å²) >= 11 is 0. The lowest BCUT2D eigenvalue weighted by Gasteiger charge is -2.11. The fraction of sp³-hybridized carbons (Fsp3) is 0.318. The van der Waals surface area contributed by atoms with E-state index in [9.17, 15) is 9.90 Å². The highest BCUT2D eigenvalue weighted by Crippen LogP contribution is 2.22. The van der Waals surface area contributed by atoms with Gasteiger partial charge < -0.3 is 20.3 Å². The molecule has 11 heteroatoms. The molecule has 1 aliphatic carbocycles. The van der Waals surface area contributed by atoms with E-state index < -0.39 is 5.69 Å². The Kier molecular flexibility index (Phi) is 5.38. The quantitative estimate of drug-likeness (QED) is 0.316. The molecule has 0 saturated heterocycles. The van der Waals surface area contributed by atoms with Crippen molar-refractivity contribution in [2.45, 2.75) is 32.0 Å². The van der Waals surface area contributed by atoms with Crippen LogP contribution >= 0.6 is 0 Å². The maximum Gasteiger partial charge on any atom is 0.326 e. The summed E-state index contributed by atoms with van der Waals surface area (Å²) in [5, 5.41) is 18.2. The van der Waals surface area contributed by atoms with Crippen molar-refractivity contribution in [1.29, 1.82) is 0 Å². The van der Waals surface area contributed by atoms with Crippen LogP contribution in [0.2, 0.25) is 0 Å². The first-order chi connectivity index (χ1) is 15.9. The zero-order valence-electron chi connectivity index (χ0n) is 18.4. The van der Waals surface area contributed by atoms with Gasteiger partial charge in [0.05, 0.1) is 12.2 Å². The highest BCUT2D eigenvalue weighted by molar-refractivity contribution is 5.57. The van der Waals surface area contributed by atoms with E-state index in [2.05, 4.69) is 58.4 Å². The molecule has 3 heterocycles. The maximum absolute atomic E-state index is 11.5. The second kappa shape index (κ2) is 8.51. The Bertz CT molecular complexity index is 1480.